The zero-order valence-electron chi connectivity index (χ0n) is 11.9. The van der Waals surface area contributed by atoms with E-state index in [1.54, 1.807) is 0 Å². The number of aryl methyl sites for hydroxylation is 2. The summed E-state index contributed by atoms with van der Waals surface area (Å²) in [6, 6.07) is 0.770. The van der Waals surface area contributed by atoms with Crippen molar-refractivity contribution in [3.63, 3.8) is 0 Å². The zero-order chi connectivity index (χ0) is 13.0. The molecule has 4 heteroatoms. The third-order valence-electron chi connectivity index (χ3n) is 3.91. The molecule has 1 aromatic rings. The SMILES string of the molecule is CNc1nc(C)cn1CCCN1CCCCC1C. The van der Waals surface area contributed by atoms with Crippen LogP contribution in [-0.2, 0) is 6.54 Å². The maximum atomic E-state index is 4.45. The first-order valence-corrected chi connectivity index (χ1v) is 7.16. The molecule has 102 valence electrons. The van der Waals surface area contributed by atoms with Gasteiger partial charge in [-0.1, -0.05) is 6.42 Å². The number of nitrogens with zero attached hydrogens (tertiary/aromatic N) is 3. The second-order valence-corrected chi connectivity index (χ2v) is 5.38. The molecule has 2 heterocycles. The van der Waals surface area contributed by atoms with E-state index in [4.69, 9.17) is 0 Å². The Morgan fingerprint density at radius 2 is 2.22 bits per heavy atom. The van der Waals surface area contributed by atoms with Crippen LogP contribution >= 0.6 is 0 Å². The van der Waals surface area contributed by atoms with E-state index < -0.39 is 0 Å². The van der Waals surface area contributed by atoms with Gasteiger partial charge in [-0.2, -0.15) is 0 Å². The van der Waals surface area contributed by atoms with E-state index in [1.807, 2.05) is 14.0 Å². The molecule has 0 saturated carbocycles. The van der Waals surface area contributed by atoms with Gasteiger partial charge in [0.05, 0.1) is 5.69 Å². The molecule has 4 nitrogen and oxygen atoms in total. The summed E-state index contributed by atoms with van der Waals surface area (Å²) >= 11 is 0. The van der Waals surface area contributed by atoms with Crippen LogP contribution in [0.2, 0.25) is 0 Å². The lowest BCUT2D eigenvalue weighted by atomic mass is 10.0. The molecule has 0 aromatic carbocycles. The van der Waals surface area contributed by atoms with Crippen molar-refractivity contribution in [2.45, 2.75) is 52.1 Å². The van der Waals surface area contributed by atoms with Gasteiger partial charge in [-0.15, -0.1) is 0 Å². The van der Waals surface area contributed by atoms with Crippen molar-refractivity contribution >= 4 is 5.95 Å². The van der Waals surface area contributed by atoms with Gasteiger partial charge < -0.3 is 14.8 Å². The number of nitrogens with one attached hydrogen (secondary N) is 1. The maximum absolute atomic E-state index is 4.45. The minimum atomic E-state index is 0.770. The molecule has 1 N–H and O–H groups in total. The summed E-state index contributed by atoms with van der Waals surface area (Å²) < 4.78 is 2.23. The predicted octanol–water partition coefficient (Wildman–Crippen LogP) is 2.50. The van der Waals surface area contributed by atoms with E-state index in [9.17, 15) is 0 Å². The van der Waals surface area contributed by atoms with E-state index in [0.29, 0.717) is 0 Å². The molecule has 1 aromatic heterocycles. The zero-order valence-corrected chi connectivity index (χ0v) is 11.9. The Morgan fingerprint density at radius 3 is 2.94 bits per heavy atom. The number of anilines is 1. The first-order valence-electron chi connectivity index (χ1n) is 7.16. The Morgan fingerprint density at radius 1 is 1.39 bits per heavy atom. The van der Waals surface area contributed by atoms with Crippen molar-refractivity contribution in [2.75, 3.05) is 25.5 Å². The maximum Gasteiger partial charge on any atom is 0.202 e. The molecule has 1 atom stereocenters. The molecule has 0 radical (unpaired) electrons. The van der Waals surface area contributed by atoms with E-state index in [1.165, 1.54) is 38.8 Å². The van der Waals surface area contributed by atoms with Crippen molar-refractivity contribution in [1.29, 1.82) is 0 Å². The molecule has 18 heavy (non-hydrogen) atoms. The highest BCUT2D eigenvalue weighted by molar-refractivity contribution is 5.27. The van der Waals surface area contributed by atoms with Gasteiger partial charge >= 0.3 is 0 Å². The Bertz CT molecular complexity index is 372. The lowest BCUT2D eigenvalue weighted by Gasteiger charge is -2.33. The molecular weight excluding hydrogens is 224 g/mol. The van der Waals surface area contributed by atoms with Crippen LogP contribution in [0.15, 0.2) is 6.20 Å². The largest absolute Gasteiger partial charge is 0.359 e. The summed E-state index contributed by atoms with van der Waals surface area (Å²) in [5.41, 5.74) is 1.09. The summed E-state index contributed by atoms with van der Waals surface area (Å²) in [6.45, 7) is 7.95. The molecule has 2 rings (SSSR count). The van der Waals surface area contributed by atoms with Gasteiger partial charge in [-0.05, 0) is 39.7 Å². The van der Waals surface area contributed by atoms with Crippen LogP contribution in [0.1, 0.15) is 38.3 Å². The third-order valence-corrected chi connectivity index (χ3v) is 3.91. The highest BCUT2D eigenvalue weighted by Crippen LogP contribution is 2.17. The van der Waals surface area contributed by atoms with Crippen LogP contribution < -0.4 is 5.32 Å². The van der Waals surface area contributed by atoms with Crippen LogP contribution in [0.3, 0.4) is 0 Å². The number of piperidine rings is 1. The minimum Gasteiger partial charge on any atom is -0.359 e. The van der Waals surface area contributed by atoms with Crippen molar-refractivity contribution < 1.29 is 0 Å². The number of likely N-dealkylation sites (tertiary alicyclic amines) is 1. The fourth-order valence-electron chi connectivity index (χ4n) is 2.85. The standard InChI is InChI=1S/C14H26N4/c1-12-11-18(14(15-3)16-12)10-6-9-17-8-5-4-7-13(17)2/h11,13H,4-10H2,1-3H3,(H,15,16). The van der Waals surface area contributed by atoms with E-state index in [-0.39, 0.29) is 0 Å². The van der Waals surface area contributed by atoms with Crippen LogP contribution in [0.4, 0.5) is 5.95 Å². The molecular formula is C14H26N4. The van der Waals surface area contributed by atoms with Crippen LogP contribution in [0, 0.1) is 6.92 Å². The molecule has 0 aliphatic carbocycles. The summed E-state index contributed by atoms with van der Waals surface area (Å²) in [4.78, 5) is 7.08. The van der Waals surface area contributed by atoms with Gasteiger partial charge in [0.15, 0.2) is 0 Å². The second-order valence-electron chi connectivity index (χ2n) is 5.38. The van der Waals surface area contributed by atoms with Crippen LogP contribution in [-0.4, -0.2) is 40.6 Å². The Hall–Kier alpha value is -1.03. The normalized spacial score (nSPS) is 21.2. The first-order chi connectivity index (χ1) is 8.70. The Balaban J connectivity index is 1.80. The molecule has 1 fully saturated rings. The van der Waals surface area contributed by atoms with E-state index >= 15 is 0 Å². The van der Waals surface area contributed by atoms with Gasteiger partial charge in [-0.3, -0.25) is 0 Å². The van der Waals surface area contributed by atoms with Gasteiger partial charge in [0.2, 0.25) is 5.95 Å². The number of aromatic nitrogens is 2. The monoisotopic (exact) mass is 250 g/mol. The lowest BCUT2D eigenvalue weighted by molar-refractivity contribution is 0.157. The van der Waals surface area contributed by atoms with Gasteiger partial charge in [0.1, 0.15) is 0 Å². The third kappa shape index (κ3) is 3.25. The number of hydrogen-bond acceptors (Lipinski definition) is 3. The average Bonchev–Trinajstić information content (AvgIpc) is 2.72. The molecule has 1 aliphatic heterocycles. The van der Waals surface area contributed by atoms with Gasteiger partial charge in [0.25, 0.3) is 0 Å². The minimum absolute atomic E-state index is 0.770. The summed E-state index contributed by atoms with van der Waals surface area (Å²) in [5.74, 6) is 0.985. The highest BCUT2D eigenvalue weighted by Gasteiger charge is 2.17. The van der Waals surface area contributed by atoms with Gasteiger partial charge in [-0.25, -0.2) is 4.98 Å². The lowest BCUT2D eigenvalue weighted by Crippen LogP contribution is -2.38. The van der Waals surface area contributed by atoms with E-state index in [0.717, 1.165) is 24.2 Å². The van der Waals surface area contributed by atoms with E-state index in [2.05, 4.69) is 32.9 Å². The smallest absolute Gasteiger partial charge is 0.202 e. The Kier molecular flexibility index (Phi) is 4.64. The van der Waals surface area contributed by atoms with Crippen molar-refractivity contribution in [3.8, 4) is 0 Å². The molecule has 1 saturated heterocycles. The van der Waals surface area contributed by atoms with Crippen LogP contribution in [0.5, 0.6) is 0 Å². The molecule has 0 amide bonds. The van der Waals surface area contributed by atoms with Crippen LogP contribution in [0.25, 0.3) is 0 Å². The van der Waals surface area contributed by atoms with Crippen molar-refractivity contribution in [2.24, 2.45) is 0 Å². The molecule has 0 spiro atoms. The molecule has 1 aliphatic rings. The predicted molar refractivity (Wildman–Crippen MR) is 76.0 cm³/mol. The Labute approximate surface area is 110 Å². The topological polar surface area (TPSA) is 33.1 Å². The fourth-order valence-corrected chi connectivity index (χ4v) is 2.85. The summed E-state index contributed by atoms with van der Waals surface area (Å²) in [5, 5.41) is 3.15. The van der Waals surface area contributed by atoms with Crippen molar-refractivity contribution in [1.82, 2.24) is 14.5 Å². The number of hydrogen-bond donors (Lipinski definition) is 1. The average molecular weight is 250 g/mol. The summed E-state index contributed by atoms with van der Waals surface area (Å²) in [6.07, 6.45) is 7.48. The quantitative estimate of drug-likeness (QED) is 0.871. The van der Waals surface area contributed by atoms with Gasteiger partial charge in [0, 0.05) is 32.4 Å². The number of rotatable bonds is 5. The van der Waals surface area contributed by atoms with Crippen molar-refractivity contribution in [3.05, 3.63) is 11.9 Å². The fraction of sp³-hybridized carbons (Fsp3) is 0.786. The second kappa shape index (κ2) is 6.23. The number of imidazole rings is 1. The molecule has 0 bridgehead atoms. The summed E-state index contributed by atoms with van der Waals surface area (Å²) in [7, 11) is 1.94. The first kappa shape index (κ1) is 13.4. The highest BCUT2D eigenvalue weighted by atomic mass is 15.2. The molecule has 1 unspecified atom stereocenters.